The Hall–Kier alpha value is -3.27. The van der Waals surface area contributed by atoms with Crippen molar-refractivity contribution in [3.8, 4) is 0 Å². The summed E-state index contributed by atoms with van der Waals surface area (Å²) in [7, 11) is 0. The molecule has 3 heterocycles. The molecule has 1 saturated heterocycles. The topological polar surface area (TPSA) is 122 Å². The van der Waals surface area contributed by atoms with Gasteiger partial charge in [0.15, 0.2) is 11.6 Å². The highest BCUT2D eigenvalue weighted by atomic mass is 19.1. The number of aromatic nitrogens is 1. The summed E-state index contributed by atoms with van der Waals surface area (Å²) in [6, 6.07) is -1.07. The molecule has 0 aliphatic carbocycles. The highest BCUT2D eigenvalue weighted by molar-refractivity contribution is 5.95. The number of carbonyl (C=O) groups excluding carboxylic acids is 3. The van der Waals surface area contributed by atoms with E-state index in [4.69, 9.17) is 9.15 Å². The Morgan fingerprint density at radius 1 is 1.18 bits per heavy atom. The number of fused-ring (bicyclic) bond motifs is 3. The van der Waals surface area contributed by atoms with E-state index in [9.17, 15) is 23.9 Å². The van der Waals surface area contributed by atoms with Gasteiger partial charge in [-0.2, -0.15) is 0 Å². The number of alkyl halides is 1. The van der Waals surface area contributed by atoms with Crippen molar-refractivity contribution in [1.29, 1.82) is 0 Å². The first-order valence-electron chi connectivity index (χ1n) is 13.6. The number of esters is 1. The molecule has 0 aromatic carbocycles. The third kappa shape index (κ3) is 8.61. The van der Waals surface area contributed by atoms with Crippen molar-refractivity contribution < 1.29 is 33.0 Å². The Morgan fingerprint density at radius 3 is 2.64 bits per heavy atom. The van der Waals surface area contributed by atoms with Gasteiger partial charge in [-0.1, -0.05) is 50.6 Å². The minimum absolute atomic E-state index is 0.00596. The Labute approximate surface area is 229 Å². The van der Waals surface area contributed by atoms with Crippen LogP contribution in [0.1, 0.15) is 70.3 Å². The Kier molecular flexibility index (Phi) is 10.6. The highest BCUT2D eigenvalue weighted by Gasteiger charge is 2.38. The maximum absolute atomic E-state index is 14.7. The number of carbonyl (C=O) groups is 3. The van der Waals surface area contributed by atoms with Crippen LogP contribution in [0.4, 0.5) is 4.39 Å². The number of aliphatic hydroxyl groups excluding tert-OH is 1. The average Bonchev–Trinajstić information content (AvgIpc) is 3.53. The molecule has 10 heteroatoms. The lowest BCUT2D eigenvalue weighted by Crippen LogP contribution is -2.44. The van der Waals surface area contributed by atoms with Gasteiger partial charge in [0.25, 0.3) is 5.91 Å². The largest absolute Gasteiger partial charge is 0.460 e. The number of nitrogens with one attached hydrogen (secondary N) is 1. The molecule has 39 heavy (non-hydrogen) atoms. The normalized spacial score (nSPS) is 30.9. The molecule has 2 amide bonds. The zero-order chi connectivity index (χ0) is 28.7. The summed E-state index contributed by atoms with van der Waals surface area (Å²) in [6.45, 7) is 9.68. The molecule has 0 unspecified atom stereocenters. The van der Waals surface area contributed by atoms with Crippen molar-refractivity contribution >= 4 is 17.8 Å². The molecule has 3 rings (SSSR count). The van der Waals surface area contributed by atoms with E-state index < -0.39 is 36.3 Å². The molecular formula is C29H40FN3O6. The fraction of sp³-hybridized carbons (Fsp3) is 0.586. The van der Waals surface area contributed by atoms with Crippen LogP contribution >= 0.6 is 0 Å². The number of ether oxygens (including phenoxy) is 1. The van der Waals surface area contributed by atoms with E-state index in [0.717, 1.165) is 0 Å². The number of oxazole rings is 1. The van der Waals surface area contributed by atoms with Crippen LogP contribution in [0.3, 0.4) is 0 Å². The first-order valence-corrected chi connectivity index (χ1v) is 13.6. The van der Waals surface area contributed by atoms with E-state index in [1.54, 1.807) is 25.2 Å². The van der Waals surface area contributed by atoms with Crippen molar-refractivity contribution in [1.82, 2.24) is 15.2 Å². The van der Waals surface area contributed by atoms with Crippen LogP contribution in [-0.4, -0.2) is 69.8 Å². The van der Waals surface area contributed by atoms with Crippen LogP contribution in [0.2, 0.25) is 0 Å². The van der Waals surface area contributed by atoms with Crippen LogP contribution in [0, 0.1) is 11.8 Å². The zero-order valence-electron chi connectivity index (χ0n) is 23.3. The summed E-state index contributed by atoms with van der Waals surface area (Å²) >= 11 is 0. The maximum atomic E-state index is 14.7. The number of allylic oxidation sites excluding steroid dienone is 2. The molecule has 2 N–H and O–H groups in total. The van der Waals surface area contributed by atoms with Gasteiger partial charge in [0.1, 0.15) is 24.6 Å². The highest BCUT2D eigenvalue weighted by Crippen LogP contribution is 2.25. The molecule has 1 fully saturated rings. The summed E-state index contributed by atoms with van der Waals surface area (Å²) in [5.41, 5.74) is 0.706. The first kappa shape index (κ1) is 30.3. The van der Waals surface area contributed by atoms with Gasteiger partial charge in [-0.15, -0.1) is 0 Å². The van der Waals surface area contributed by atoms with E-state index in [-0.39, 0.29) is 48.2 Å². The molecule has 1 aromatic heterocycles. The second-order valence-electron chi connectivity index (χ2n) is 10.8. The van der Waals surface area contributed by atoms with Crippen molar-refractivity contribution in [2.45, 2.75) is 90.8 Å². The predicted octanol–water partition coefficient (Wildman–Crippen LogP) is 3.69. The third-order valence-corrected chi connectivity index (χ3v) is 6.90. The lowest BCUT2D eigenvalue weighted by molar-refractivity contribution is -0.158. The summed E-state index contributed by atoms with van der Waals surface area (Å²) < 4.78 is 25.9. The van der Waals surface area contributed by atoms with Crippen molar-refractivity contribution in [3.63, 3.8) is 0 Å². The maximum Gasteiger partial charge on any atom is 0.329 e. The van der Waals surface area contributed by atoms with Crippen molar-refractivity contribution in [2.24, 2.45) is 11.8 Å². The average molecular weight is 546 g/mol. The van der Waals surface area contributed by atoms with Crippen molar-refractivity contribution in [3.05, 3.63) is 53.8 Å². The fourth-order valence-electron chi connectivity index (χ4n) is 4.90. The summed E-state index contributed by atoms with van der Waals surface area (Å²) in [5, 5.41) is 13.1. The Bertz CT molecular complexity index is 1110. The minimum atomic E-state index is -1.45. The molecule has 1 aromatic rings. The number of halogens is 1. The standard InChI is InChI=1S/C29H40FN3O6/c1-17(2)27-19(4)9-11-25(35)31-20(5)10-8-18(3)13-22(34)14-21(30)15-26-32-23(16-38-26)28(36)33-12-6-7-24(33)29(37)39-27/h8-11,13,16-17,19-22,24,27,34H,6-7,12,14-15H2,1-5H3,(H,31,35)/b10-8?,11-9+,18-13?/t19-,20+,21-,22-,24-,27-/m1/s1. The van der Waals surface area contributed by atoms with Gasteiger partial charge in [0.2, 0.25) is 5.91 Å². The first-order chi connectivity index (χ1) is 18.4. The molecule has 2 aliphatic heterocycles. The molecule has 214 valence electrons. The van der Waals surface area contributed by atoms with Crippen molar-refractivity contribution in [2.75, 3.05) is 6.54 Å². The van der Waals surface area contributed by atoms with Gasteiger partial charge < -0.3 is 24.5 Å². The molecule has 0 saturated carbocycles. The molecule has 0 radical (unpaired) electrons. The lowest BCUT2D eigenvalue weighted by atomic mass is 9.94. The van der Waals surface area contributed by atoms with Gasteiger partial charge in [0.05, 0.1) is 12.5 Å². The van der Waals surface area contributed by atoms with Crippen LogP contribution < -0.4 is 5.32 Å². The monoisotopic (exact) mass is 545 g/mol. The summed E-state index contributed by atoms with van der Waals surface area (Å²) in [6.07, 6.45) is 7.07. The number of aliphatic hydroxyl groups is 1. The number of hydrogen-bond acceptors (Lipinski definition) is 7. The van der Waals surface area contributed by atoms with Crippen LogP contribution in [0.25, 0.3) is 0 Å². The minimum Gasteiger partial charge on any atom is -0.460 e. The van der Waals surface area contributed by atoms with E-state index in [2.05, 4.69) is 10.3 Å². The SMILES string of the molecule is CC1=C[C@@H](O)C[C@@H](F)Cc2nc(co2)C(=O)N2CCC[C@@H]2C(=O)O[C@H](C(C)C)[C@H](C)/C=C/C(=O)N[C@@H](C)C=C1. The molecule has 6 atom stereocenters. The number of amides is 2. The zero-order valence-corrected chi connectivity index (χ0v) is 23.3. The van der Waals surface area contributed by atoms with E-state index in [0.29, 0.717) is 25.0 Å². The third-order valence-electron chi connectivity index (χ3n) is 6.90. The molecule has 2 aliphatic rings. The smallest absolute Gasteiger partial charge is 0.329 e. The lowest BCUT2D eigenvalue weighted by Gasteiger charge is -2.29. The van der Waals surface area contributed by atoms with Crippen LogP contribution in [0.5, 0.6) is 0 Å². The van der Waals surface area contributed by atoms with Gasteiger partial charge >= 0.3 is 5.97 Å². The second-order valence-corrected chi connectivity index (χ2v) is 10.8. The fourth-order valence-corrected chi connectivity index (χ4v) is 4.90. The van der Waals surface area contributed by atoms with Gasteiger partial charge in [-0.25, -0.2) is 14.2 Å². The predicted molar refractivity (Wildman–Crippen MR) is 143 cm³/mol. The molecule has 2 bridgehead atoms. The second kappa shape index (κ2) is 13.7. The van der Waals surface area contributed by atoms with Crippen LogP contribution in [-0.2, 0) is 20.7 Å². The summed E-state index contributed by atoms with van der Waals surface area (Å²) in [5.74, 6) is -1.53. The summed E-state index contributed by atoms with van der Waals surface area (Å²) in [4.78, 5) is 44.4. The molecule has 0 spiro atoms. The van der Waals surface area contributed by atoms with Crippen LogP contribution in [0.15, 0.2) is 46.6 Å². The van der Waals surface area contributed by atoms with E-state index >= 15 is 0 Å². The Balaban J connectivity index is 1.87. The van der Waals surface area contributed by atoms with Gasteiger partial charge in [-0.05, 0) is 38.7 Å². The van der Waals surface area contributed by atoms with E-state index in [1.807, 2.05) is 27.7 Å². The number of nitrogens with zero attached hydrogens (tertiary/aromatic N) is 2. The van der Waals surface area contributed by atoms with Gasteiger partial charge in [0, 0.05) is 24.9 Å². The number of hydrogen-bond donors (Lipinski definition) is 2. The number of rotatable bonds is 1. The molecule has 9 nitrogen and oxygen atoms in total. The number of cyclic esters (lactones) is 1. The van der Waals surface area contributed by atoms with E-state index in [1.165, 1.54) is 23.3 Å². The quantitative estimate of drug-likeness (QED) is 0.516. The Morgan fingerprint density at radius 2 is 1.92 bits per heavy atom. The van der Waals surface area contributed by atoms with Gasteiger partial charge in [-0.3, -0.25) is 9.59 Å². The molecular weight excluding hydrogens is 505 g/mol.